The second kappa shape index (κ2) is 4.00. The Morgan fingerprint density at radius 2 is 2.06 bits per heavy atom. The maximum Gasteiger partial charge on any atom is 0.185 e. The monoisotopic (exact) mass is 237 g/mol. The summed E-state index contributed by atoms with van der Waals surface area (Å²) in [6.45, 7) is 2.07. The molecule has 3 heterocycles. The predicted molar refractivity (Wildman–Crippen MR) is 68.0 cm³/mol. The highest BCUT2D eigenvalue weighted by molar-refractivity contribution is 7.13. The molecule has 1 aromatic heterocycles. The molecule has 0 radical (unpaired) electrons. The Bertz CT molecular complexity index is 362. The van der Waals surface area contributed by atoms with Crippen molar-refractivity contribution >= 4 is 16.5 Å². The van der Waals surface area contributed by atoms with Crippen LogP contribution in [0.2, 0.25) is 0 Å². The van der Waals surface area contributed by atoms with Gasteiger partial charge in [0.1, 0.15) is 0 Å². The number of anilines is 1. The van der Waals surface area contributed by atoms with E-state index < -0.39 is 0 Å². The number of nitrogens with two attached hydrogens (primary N) is 1. The van der Waals surface area contributed by atoms with Crippen LogP contribution in [0.15, 0.2) is 5.38 Å². The molecule has 1 aromatic rings. The lowest BCUT2D eigenvalue weighted by Crippen LogP contribution is -2.55. The maximum atomic E-state index is 6.13. The van der Waals surface area contributed by atoms with E-state index in [0.29, 0.717) is 18.1 Å². The summed E-state index contributed by atoms with van der Waals surface area (Å²) in [4.78, 5) is 7.21. The molecule has 2 atom stereocenters. The molecule has 2 aliphatic heterocycles. The number of rotatable bonds is 1. The lowest BCUT2D eigenvalue weighted by Gasteiger charge is -2.48. The van der Waals surface area contributed by atoms with Gasteiger partial charge in [-0.15, -0.1) is 11.3 Å². The van der Waals surface area contributed by atoms with E-state index in [1.54, 1.807) is 11.3 Å². The fourth-order valence-corrected chi connectivity index (χ4v) is 4.14. The molecule has 2 N–H and O–H groups in total. The van der Waals surface area contributed by atoms with Crippen LogP contribution in [0.4, 0.5) is 5.13 Å². The molecule has 2 fully saturated rings. The molecule has 0 saturated carbocycles. The summed E-state index contributed by atoms with van der Waals surface area (Å²) in [6, 6.07) is 1.70. The molecule has 3 rings (SSSR count). The topological polar surface area (TPSA) is 42.1 Å². The molecule has 2 saturated heterocycles. The van der Waals surface area contributed by atoms with Gasteiger partial charge < -0.3 is 10.6 Å². The predicted octanol–water partition coefficient (Wildman–Crippen LogP) is 2.30. The number of hydrogen-bond donors (Lipinski definition) is 1. The lowest BCUT2D eigenvalue weighted by atomic mass is 9.82. The van der Waals surface area contributed by atoms with E-state index in [0.717, 1.165) is 18.5 Å². The molecule has 2 unspecified atom stereocenters. The number of piperidine rings is 2. The second-order valence-electron chi connectivity index (χ2n) is 5.15. The van der Waals surface area contributed by atoms with Gasteiger partial charge >= 0.3 is 0 Å². The van der Waals surface area contributed by atoms with Crippen LogP contribution in [0.5, 0.6) is 0 Å². The Balaban J connectivity index is 1.89. The minimum absolute atomic E-state index is 0.410. The Labute approximate surface area is 101 Å². The third kappa shape index (κ3) is 1.74. The van der Waals surface area contributed by atoms with Gasteiger partial charge in [0.15, 0.2) is 5.13 Å². The average Bonchev–Trinajstić information content (AvgIpc) is 2.63. The van der Waals surface area contributed by atoms with E-state index in [1.165, 1.54) is 24.4 Å². The Morgan fingerprint density at radius 1 is 1.38 bits per heavy atom. The van der Waals surface area contributed by atoms with E-state index in [-0.39, 0.29) is 0 Å². The molecule has 0 spiro atoms. The van der Waals surface area contributed by atoms with Gasteiger partial charge in [-0.2, -0.15) is 0 Å². The zero-order chi connectivity index (χ0) is 11.1. The van der Waals surface area contributed by atoms with Gasteiger partial charge in [0, 0.05) is 23.5 Å². The molecule has 0 aromatic carbocycles. The van der Waals surface area contributed by atoms with Crippen molar-refractivity contribution in [1.29, 1.82) is 0 Å². The van der Waals surface area contributed by atoms with Crippen LogP contribution in [-0.2, 0) is 0 Å². The average molecular weight is 237 g/mol. The highest BCUT2D eigenvalue weighted by Gasteiger charge is 2.38. The van der Waals surface area contributed by atoms with Gasteiger partial charge in [-0.05, 0) is 39.0 Å². The standard InChI is InChI=1S/C12H19N3S/c1-8-7-16-12(14-8)15-10-3-2-4-11(15)6-9(13)5-10/h7,9-11H,2-6,13H2,1H3. The molecule has 0 aliphatic carbocycles. The fourth-order valence-electron chi connectivity index (χ4n) is 3.20. The Kier molecular flexibility index (Phi) is 2.64. The summed E-state index contributed by atoms with van der Waals surface area (Å²) in [7, 11) is 0. The largest absolute Gasteiger partial charge is 0.342 e. The molecule has 3 nitrogen and oxygen atoms in total. The van der Waals surface area contributed by atoms with Crippen molar-refractivity contribution in [3.05, 3.63) is 11.1 Å². The molecular formula is C12H19N3S. The van der Waals surface area contributed by atoms with Gasteiger partial charge in [-0.1, -0.05) is 0 Å². The first kappa shape index (κ1) is 10.5. The van der Waals surface area contributed by atoms with Crippen LogP contribution >= 0.6 is 11.3 Å². The molecule has 0 amide bonds. The summed E-state index contributed by atoms with van der Waals surface area (Å²) in [6.07, 6.45) is 6.25. The first-order valence-corrected chi connectivity index (χ1v) is 7.08. The smallest absolute Gasteiger partial charge is 0.185 e. The SMILES string of the molecule is Cc1csc(N2C3CCCC2CC(N)C3)n1. The summed E-state index contributed by atoms with van der Waals surface area (Å²) >= 11 is 1.79. The first-order valence-electron chi connectivity index (χ1n) is 6.20. The van der Waals surface area contributed by atoms with Crippen molar-refractivity contribution in [1.82, 2.24) is 4.98 Å². The summed E-state index contributed by atoms with van der Waals surface area (Å²) < 4.78 is 0. The van der Waals surface area contributed by atoms with Crippen molar-refractivity contribution < 1.29 is 0 Å². The summed E-state index contributed by atoms with van der Waals surface area (Å²) in [5.74, 6) is 0. The second-order valence-corrected chi connectivity index (χ2v) is 5.99. The molecule has 16 heavy (non-hydrogen) atoms. The van der Waals surface area contributed by atoms with Crippen LogP contribution < -0.4 is 10.6 Å². The number of aryl methyl sites for hydroxylation is 1. The normalized spacial score (nSPS) is 34.1. The van der Waals surface area contributed by atoms with E-state index in [9.17, 15) is 0 Å². The van der Waals surface area contributed by atoms with Gasteiger partial charge in [0.2, 0.25) is 0 Å². The number of aromatic nitrogens is 1. The number of thiazole rings is 1. The summed E-state index contributed by atoms with van der Waals surface area (Å²) in [5, 5.41) is 3.37. The molecular weight excluding hydrogens is 218 g/mol. The van der Waals surface area contributed by atoms with Gasteiger partial charge in [0.05, 0.1) is 5.69 Å². The third-order valence-corrected chi connectivity index (χ3v) is 4.81. The number of hydrogen-bond acceptors (Lipinski definition) is 4. The number of fused-ring (bicyclic) bond motifs is 2. The van der Waals surface area contributed by atoms with Crippen LogP contribution in [0, 0.1) is 6.92 Å². The zero-order valence-electron chi connectivity index (χ0n) is 9.72. The van der Waals surface area contributed by atoms with E-state index in [2.05, 4.69) is 22.2 Å². The maximum absolute atomic E-state index is 6.13. The number of nitrogens with zero attached hydrogens (tertiary/aromatic N) is 2. The Morgan fingerprint density at radius 3 is 2.62 bits per heavy atom. The van der Waals surface area contributed by atoms with E-state index in [4.69, 9.17) is 5.73 Å². The molecule has 2 bridgehead atoms. The van der Waals surface area contributed by atoms with Gasteiger partial charge in [-0.3, -0.25) is 0 Å². The molecule has 4 heteroatoms. The van der Waals surface area contributed by atoms with Crippen molar-refractivity contribution in [3.8, 4) is 0 Å². The third-order valence-electron chi connectivity index (χ3n) is 3.84. The van der Waals surface area contributed by atoms with Crippen LogP contribution in [0.1, 0.15) is 37.8 Å². The van der Waals surface area contributed by atoms with Crippen molar-refractivity contribution in [2.24, 2.45) is 5.73 Å². The van der Waals surface area contributed by atoms with Crippen LogP contribution in [0.25, 0.3) is 0 Å². The van der Waals surface area contributed by atoms with Crippen molar-refractivity contribution in [3.63, 3.8) is 0 Å². The molecule has 88 valence electrons. The lowest BCUT2D eigenvalue weighted by molar-refractivity contribution is 0.271. The summed E-state index contributed by atoms with van der Waals surface area (Å²) in [5.41, 5.74) is 7.27. The highest BCUT2D eigenvalue weighted by atomic mass is 32.1. The van der Waals surface area contributed by atoms with Crippen LogP contribution in [0.3, 0.4) is 0 Å². The quantitative estimate of drug-likeness (QED) is 0.815. The van der Waals surface area contributed by atoms with Crippen molar-refractivity contribution in [2.75, 3.05) is 4.90 Å². The zero-order valence-corrected chi connectivity index (χ0v) is 10.5. The van der Waals surface area contributed by atoms with E-state index >= 15 is 0 Å². The minimum atomic E-state index is 0.410. The molecule has 2 aliphatic rings. The van der Waals surface area contributed by atoms with Gasteiger partial charge in [0.25, 0.3) is 0 Å². The first-order chi connectivity index (χ1) is 7.74. The highest BCUT2D eigenvalue weighted by Crippen LogP contribution is 2.38. The van der Waals surface area contributed by atoms with E-state index in [1.807, 2.05) is 0 Å². The fraction of sp³-hybridized carbons (Fsp3) is 0.750. The van der Waals surface area contributed by atoms with Crippen LogP contribution in [-0.4, -0.2) is 23.1 Å². The van der Waals surface area contributed by atoms with Crippen molar-refractivity contribution in [2.45, 2.75) is 57.2 Å². The van der Waals surface area contributed by atoms with Gasteiger partial charge in [-0.25, -0.2) is 4.98 Å². The minimum Gasteiger partial charge on any atom is -0.342 e. The Hall–Kier alpha value is -0.610.